The summed E-state index contributed by atoms with van der Waals surface area (Å²) in [5, 5.41) is 0. The molecule has 0 spiro atoms. The summed E-state index contributed by atoms with van der Waals surface area (Å²) in [5.41, 5.74) is 1.07. The van der Waals surface area contributed by atoms with Gasteiger partial charge in [0.1, 0.15) is 0 Å². The van der Waals surface area contributed by atoms with E-state index in [1.807, 2.05) is 13.0 Å². The van der Waals surface area contributed by atoms with Gasteiger partial charge in [0.25, 0.3) is 0 Å². The van der Waals surface area contributed by atoms with Crippen LogP contribution in [0, 0.1) is 0 Å². The molecule has 0 N–H and O–H groups in total. The van der Waals surface area contributed by atoms with Gasteiger partial charge in [-0.1, -0.05) is 25.0 Å². The monoisotopic (exact) mass is 128 g/mol. The molecule has 0 unspecified atom stereocenters. The highest BCUT2D eigenvalue weighted by Crippen LogP contribution is 2.05. The van der Waals surface area contributed by atoms with Crippen molar-refractivity contribution < 1.29 is 4.39 Å². The highest BCUT2D eigenvalue weighted by Gasteiger charge is 1.85. The van der Waals surface area contributed by atoms with Crippen molar-refractivity contribution >= 4 is 0 Å². The van der Waals surface area contributed by atoms with Crippen LogP contribution in [0.15, 0.2) is 24.1 Å². The smallest absolute Gasteiger partial charge is 0.0869 e. The van der Waals surface area contributed by atoms with Crippen molar-refractivity contribution in [3.05, 3.63) is 24.1 Å². The van der Waals surface area contributed by atoms with E-state index in [9.17, 15) is 4.39 Å². The lowest BCUT2D eigenvalue weighted by Gasteiger charge is -1.93. The van der Waals surface area contributed by atoms with E-state index in [2.05, 4.69) is 6.92 Å². The topological polar surface area (TPSA) is 0 Å². The van der Waals surface area contributed by atoms with Gasteiger partial charge in [-0.15, -0.1) is 0 Å². The van der Waals surface area contributed by atoms with E-state index in [-0.39, 0.29) is 0 Å². The first-order valence-corrected chi connectivity index (χ1v) is 3.27. The Labute approximate surface area is 56.1 Å². The van der Waals surface area contributed by atoms with Crippen LogP contribution < -0.4 is 0 Å². The lowest BCUT2D eigenvalue weighted by atomic mass is 10.1. The number of hydrogen-bond donors (Lipinski definition) is 0. The Kier molecular flexibility index (Phi) is 5.18. The molecule has 0 saturated heterocycles. The van der Waals surface area contributed by atoms with E-state index in [1.165, 1.54) is 6.08 Å². The zero-order valence-electron chi connectivity index (χ0n) is 6.02. The standard InChI is InChI=1S/C8H13F/c1-3-5-8(4-2)6-7-9/h4,6-7H,3,5H2,1-2H3/b7-6-,8-4-. The first-order chi connectivity index (χ1) is 4.35. The predicted octanol–water partition coefficient (Wildman–Crippen LogP) is 3.22. The molecule has 0 saturated carbocycles. The largest absolute Gasteiger partial charge is 0.216 e. The summed E-state index contributed by atoms with van der Waals surface area (Å²) in [6.07, 6.45) is 6.06. The van der Waals surface area contributed by atoms with Gasteiger partial charge in [-0.25, -0.2) is 4.39 Å². The molecule has 0 aliphatic carbocycles. The Morgan fingerprint density at radius 2 is 2.22 bits per heavy atom. The van der Waals surface area contributed by atoms with Crippen LogP contribution in [0.5, 0.6) is 0 Å². The van der Waals surface area contributed by atoms with Crippen molar-refractivity contribution in [2.45, 2.75) is 26.7 Å². The Balaban J connectivity index is 3.70. The average Bonchev–Trinajstić information content (AvgIpc) is 1.88. The molecule has 0 aromatic rings. The minimum atomic E-state index is 0.588. The average molecular weight is 128 g/mol. The fourth-order valence-corrected chi connectivity index (χ4v) is 0.693. The van der Waals surface area contributed by atoms with Crippen LogP contribution in [0.25, 0.3) is 0 Å². The maximum Gasteiger partial charge on any atom is 0.0869 e. The molecule has 0 amide bonds. The van der Waals surface area contributed by atoms with Crippen LogP contribution in [0.2, 0.25) is 0 Å². The van der Waals surface area contributed by atoms with Crippen molar-refractivity contribution in [2.75, 3.05) is 0 Å². The van der Waals surface area contributed by atoms with Crippen molar-refractivity contribution in [3.63, 3.8) is 0 Å². The highest BCUT2D eigenvalue weighted by molar-refractivity contribution is 5.15. The first kappa shape index (κ1) is 8.41. The van der Waals surface area contributed by atoms with Crippen LogP contribution in [-0.4, -0.2) is 0 Å². The summed E-state index contributed by atoms with van der Waals surface area (Å²) in [7, 11) is 0. The van der Waals surface area contributed by atoms with E-state index >= 15 is 0 Å². The van der Waals surface area contributed by atoms with Crippen molar-refractivity contribution in [1.29, 1.82) is 0 Å². The third-order valence-electron chi connectivity index (χ3n) is 1.19. The Morgan fingerprint density at radius 1 is 1.56 bits per heavy atom. The molecule has 0 heterocycles. The molecule has 0 aromatic carbocycles. The van der Waals surface area contributed by atoms with Crippen molar-refractivity contribution in [2.24, 2.45) is 0 Å². The van der Waals surface area contributed by atoms with Gasteiger partial charge in [0.05, 0.1) is 6.33 Å². The fraction of sp³-hybridized carbons (Fsp3) is 0.500. The Hall–Kier alpha value is -0.590. The van der Waals surface area contributed by atoms with Gasteiger partial charge < -0.3 is 0 Å². The maximum atomic E-state index is 11.5. The van der Waals surface area contributed by atoms with Crippen LogP contribution in [0.1, 0.15) is 26.7 Å². The maximum absolute atomic E-state index is 11.5. The van der Waals surface area contributed by atoms with Crippen molar-refractivity contribution in [1.82, 2.24) is 0 Å². The van der Waals surface area contributed by atoms with E-state index in [4.69, 9.17) is 0 Å². The zero-order valence-corrected chi connectivity index (χ0v) is 6.02. The number of hydrogen-bond acceptors (Lipinski definition) is 0. The van der Waals surface area contributed by atoms with Gasteiger partial charge >= 0.3 is 0 Å². The van der Waals surface area contributed by atoms with Crippen LogP contribution in [0.4, 0.5) is 4.39 Å². The molecule has 1 heteroatoms. The van der Waals surface area contributed by atoms with Gasteiger partial charge in [0, 0.05) is 0 Å². The van der Waals surface area contributed by atoms with Crippen LogP contribution >= 0.6 is 0 Å². The van der Waals surface area contributed by atoms with E-state index in [1.54, 1.807) is 0 Å². The fourth-order valence-electron chi connectivity index (χ4n) is 0.693. The molecule has 0 rings (SSSR count). The van der Waals surface area contributed by atoms with Gasteiger partial charge in [0.2, 0.25) is 0 Å². The molecule has 52 valence electrons. The lowest BCUT2D eigenvalue weighted by Crippen LogP contribution is -1.74. The minimum absolute atomic E-state index is 0.588. The van der Waals surface area contributed by atoms with Crippen molar-refractivity contribution in [3.8, 4) is 0 Å². The van der Waals surface area contributed by atoms with Gasteiger partial charge in [-0.3, -0.25) is 0 Å². The molecule has 9 heavy (non-hydrogen) atoms. The quantitative estimate of drug-likeness (QED) is 0.512. The number of halogens is 1. The third kappa shape index (κ3) is 3.95. The van der Waals surface area contributed by atoms with Crippen LogP contribution in [0.3, 0.4) is 0 Å². The second-order valence-electron chi connectivity index (χ2n) is 1.91. The Morgan fingerprint density at radius 3 is 2.56 bits per heavy atom. The van der Waals surface area contributed by atoms with Gasteiger partial charge in [-0.05, 0) is 19.4 Å². The van der Waals surface area contributed by atoms with Gasteiger partial charge in [-0.2, -0.15) is 0 Å². The second kappa shape index (κ2) is 5.54. The second-order valence-corrected chi connectivity index (χ2v) is 1.91. The molecule has 0 aliphatic rings. The molecule has 0 aliphatic heterocycles. The SMILES string of the molecule is C/C=C(\C=C/F)CCC. The molecule has 0 radical (unpaired) electrons. The molecular weight excluding hydrogens is 115 g/mol. The van der Waals surface area contributed by atoms with E-state index < -0.39 is 0 Å². The highest BCUT2D eigenvalue weighted by atomic mass is 19.1. The molecule has 0 atom stereocenters. The molecule has 0 aromatic heterocycles. The number of allylic oxidation sites excluding steroid dienone is 3. The normalized spacial score (nSPS) is 13.0. The minimum Gasteiger partial charge on any atom is -0.216 e. The molecule has 0 fully saturated rings. The van der Waals surface area contributed by atoms with Gasteiger partial charge in [0.15, 0.2) is 0 Å². The van der Waals surface area contributed by atoms with Crippen LogP contribution in [-0.2, 0) is 0 Å². The summed E-state index contributed by atoms with van der Waals surface area (Å²) in [4.78, 5) is 0. The van der Waals surface area contributed by atoms with E-state index in [0.29, 0.717) is 6.33 Å². The zero-order chi connectivity index (χ0) is 7.11. The number of rotatable bonds is 3. The molecular formula is C8H13F. The predicted molar refractivity (Wildman–Crippen MR) is 38.9 cm³/mol. The summed E-state index contributed by atoms with van der Waals surface area (Å²) in [5.74, 6) is 0. The lowest BCUT2D eigenvalue weighted by molar-refractivity contribution is 0.718. The first-order valence-electron chi connectivity index (χ1n) is 3.27. The molecule has 0 nitrogen and oxygen atoms in total. The summed E-state index contributed by atoms with van der Waals surface area (Å²) >= 11 is 0. The third-order valence-corrected chi connectivity index (χ3v) is 1.19. The summed E-state index contributed by atoms with van der Waals surface area (Å²) < 4.78 is 11.5. The Bertz CT molecular complexity index is 112. The molecule has 0 bridgehead atoms. The van der Waals surface area contributed by atoms with E-state index in [0.717, 1.165) is 18.4 Å². The summed E-state index contributed by atoms with van der Waals surface area (Å²) in [6, 6.07) is 0. The summed E-state index contributed by atoms with van der Waals surface area (Å²) in [6.45, 7) is 4.00.